The molecular formula is C20H21ClN2O2S. The van der Waals surface area contributed by atoms with E-state index in [1.807, 2.05) is 60.4 Å². The summed E-state index contributed by atoms with van der Waals surface area (Å²) in [5.74, 6) is 1.82. The minimum atomic E-state index is 0.0388. The van der Waals surface area contributed by atoms with E-state index in [-0.39, 0.29) is 12.3 Å². The van der Waals surface area contributed by atoms with Gasteiger partial charge in [-0.1, -0.05) is 23.4 Å². The Kier molecular flexibility index (Phi) is 6.58. The van der Waals surface area contributed by atoms with Crippen LogP contribution in [-0.2, 0) is 0 Å². The molecule has 0 bridgehead atoms. The van der Waals surface area contributed by atoms with Crippen molar-refractivity contribution < 1.29 is 9.53 Å². The summed E-state index contributed by atoms with van der Waals surface area (Å²) >= 11 is 7.70. The number of amidine groups is 1. The Morgan fingerprint density at radius 3 is 2.54 bits per heavy atom. The highest BCUT2D eigenvalue weighted by molar-refractivity contribution is 8.14. The SMILES string of the molecule is CCOc1ccc(C(=O)CN(C2=NCCCS2)c2ccc(Cl)cc2)cc1. The second kappa shape index (κ2) is 9.10. The lowest BCUT2D eigenvalue weighted by atomic mass is 10.1. The lowest BCUT2D eigenvalue weighted by Crippen LogP contribution is -2.35. The van der Waals surface area contributed by atoms with E-state index in [0.717, 1.165) is 35.3 Å². The number of ketones is 1. The first-order valence-electron chi connectivity index (χ1n) is 8.64. The van der Waals surface area contributed by atoms with Crippen LogP contribution >= 0.6 is 23.4 Å². The van der Waals surface area contributed by atoms with Gasteiger partial charge in [-0.2, -0.15) is 0 Å². The molecule has 1 aliphatic rings. The summed E-state index contributed by atoms with van der Waals surface area (Å²) in [4.78, 5) is 19.4. The molecule has 26 heavy (non-hydrogen) atoms. The molecule has 0 amide bonds. The third-order valence-electron chi connectivity index (χ3n) is 3.94. The molecule has 2 aromatic rings. The highest BCUT2D eigenvalue weighted by Gasteiger charge is 2.20. The van der Waals surface area contributed by atoms with E-state index in [1.165, 1.54) is 0 Å². The smallest absolute Gasteiger partial charge is 0.182 e. The first kappa shape index (κ1) is 18.8. The number of hydrogen-bond donors (Lipinski definition) is 0. The number of hydrogen-bond acceptors (Lipinski definition) is 5. The number of anilines is 1. The molecule has 0 spiro atoms. The Bertz CT molecular complexity index is 775. The van der Waals surface area contributed by atoms with Gasteiger partial charge in [0, 0.05) is 28.6 Å². The summed E-state index contributed by atoms with van der Waals surface area (Å²) in [6.45, 7) is 3.57. The van der Waals surface area contributed by atoms with Gasteiger partial charge in [-0.15, -0.1) is 0 Å². The Balaban J connectivity index is 1.81. The summed E-state index contributed by atoms with van der Waals surface area (Å²) in [5.41, 5.74) is 1.58. The highest BCUT2D eigenvalue weighted by Crippen LogP contribution is 2.25. The summed E-state index contributed by atoms with van der Waals surface area (Å²) in [5, 5.41) is 1.56. The van der Waals surface area contributed by atoms with Gasteiger partial charge in [0.15, 0.2) is 11.0 Å². The zero-order chi connectivity index (χ0) is 18.4. The molecule has 1 heterocycles. The minimum absolute atomic E-state index is 0.0388. The topological polar surface area (TPSA) is 41.9 Å². The van der Waals surface area contributed by atoms with Gasteiger partial charge >= 0.3 is 0 Å². The predicted molar refractivity (Wildman–Crippen MR) is 110 cm³/mol. The molecule has 1 aliphatic heterocycles. The average Bonchev–Trinajstić information content (AvgIpc) is 2.68. The molecule has 0 aliphatic carbocycles. The number of thioether (sulfide) groups is 1. The number of halogens is 1. The molecular weight excluding hydrogens is 368 g/mol. The van der Waals surface area contributed by atoms with Crippen LogP contribution in [0.5, 0.6) is 5.75 Å². The van der Waals surface area contributed by atoms with Crippen molar-refractivity contribution in [2.75, 3.05) is 30.3 Å². The maximum atomic E-state index is 12.8. The van der Waals surface area contributed by atoms with E-state index >= 15 is 0 Å². The highest BCUT2D eigenvalue weighted by atomic mass is 35.5. The van der Waals surface area contributed by atoms with Gasteiger partial charge in [0.25, 0.3) is 0 Å². The third kappa shape index (κ3) is 4.80. The van der Waals surface area contributed by atoms with Crippen LogP contribution in [0.2, 0.25) is 5.02 Å². The number of carbonyl (C=O) groups is 1. The predicted octanol–water partition coefficient (Wildman–Crippen LogP) is 4.92. The zero-order valence-corrected chi connectivity index (χ0v) is 16.2. The fourth-order valence-electron chi connectivity index (χ4n) is 2.64. The molecule has 0 unspecified atom stereocenters. The molecule has 2 aromatic carbocycles. The van der Waals surface area contributed by atoms with E-state index in [0.29, 0.717) is 17.2 Å². The number of rotatable bonds is 6. The second-order valence-electron chi connectivity index (χ2n) is 5.81. The Morgan fingerprint density at radius 2 is 1.92 bits per heavy atom. The van der Waals surface area contributed by atoms with Crippen molar-refractivity contribution in [3.05, 3.63) is 59.1 Å². The molecule has 136 valence electrons. The Morgan fingerprint density at radius 1 is 1.19 bits per heavy atom. The van der Waals surface area contributed by atoms with Crippen LogP contribution in [0.25, 0.3) is 0 Å². The van der Waals surface area contributed by atoms with E-state index in [4.69, 9.17) is 16.3 Å². The molecule has 3 rings (SSSR count). The standard InChI is InChI=1S/C20H21ClN2O2S/c1-2-25-18-10-4-15(5-11-18)19(24)14-23(20-22-12-3-13-26-20)17-8-6-16(21)7-9-17/h4-11H,2-3,12-14H2,1H3. The molecule has 0 saturated heterocycles. The monoisotopic (exact) mass is 388 g/mol. The van der Waals surface area contributed by atoms with Crippen LogP contribution in [0.1, 0.15) is 23.7 Å². The molecule has 0 radical (unpaired) electrons. The van der Waals surface area contributed by atoms with Gasteiger partial charge in [0.1, 0.15) is 5.75 Å². The van der Waals surface area contributed by atoms with E-state index in [1.54, 1.807) is 11.8 Å². The maximum Gasteiger partial charge on any atom is 0.182 e. The summed E-state index contributed by atoms with van der Waals surface area (Å²) < 4.78 is 5.44. The van der Waals surface area contributed by atoms with Crippen LogP contribution in [0.3, 0.4) is 0 Å². The zero-order valence-electron chi connectivity index (χ0n) is 14.7. The molecule has 4 nitrogen and oxygen atoms in total. The van der Waals surface area contributed by atoms with Crippen molar-refractivity contribution in [3.8, 4) is 5.75 Å². The molecule has 0 saturated carbocycles. The van der Waals surface area contributed by atoms with Gasteiger partial charge in [0.2, 0.25) is 0 Å². The van der Waals surface area contributed by atoms with Crippen LogP contribution < -0.4 is 9.64 Å². The number of ether oxygens (including phenoxy) is 1. The number of aliphatic imine (C=N–C) groups is 1. The van der Waals surface area contributed by atoms with E-state index < -0.39 is 0 Å². The first-order valence-corrected chi connectivity index (χ1v) is 10.00. The lowest BCUT2D eigenvalue weighted by molar-refractivity contribution is 0.100. The third-order valence-corrected chi connectivity index (χ3v) is 5.29. The van der Waals surface area contributed by atoms with Crippen LogP contribution in [0.4, 0.5) is 5.69 Å². The number of benzene rings is 2. The number of nitrogens with zero attached hydrogens (tertiary/aromatic N) is 2. The summed E-state index contributed by atoms with van der Waals surface area (Å²) in [7, 11) is 0. The van der Waals surface area contributed by atoms with Crippen molar-refractivity contribution in [1.29, 1.82) is 0 Å². The fraction of sp³-hybridized carbons (Fsp3) is 0.300. The van der Waals surface area contributed by atoms with E-state index in [2.05, 4.69) is 4.99 Å². The minimum Gasteiger partial charge on any atom is -0.494 e. The van der Waals surface area contributed by atoms with Crippen molar-refractivity contribution >= 4 is 40.0 Å². The largest absolute Gasteiger partial charge is 0.494 e. The summed E-state index contributed by atoms with van der Waals surface area (Å²) in [6.07, 6.45) is 1.06. The van der Waals surface area contributed by atoms with Gasteiger partial charge < -0.3 is 9.64 Å². The first-order chi connectivity index (χ1) is 12.7. The van der Waals surface area contributed by atoms with Crippen molar-refractivity contribution in [3.63, 3.8) is 0 Å². The Hall–Kier alpha value is -1.98. The molecule has 0 N–H and O–H groups in total. The number of Topliss-reactive ketones (excluding diaryl/α,β-unsaturated/α-hetero) is 1. The molecule has 0 atom stereocenters. The van der Waals surface area contributed by atoms with Gasteiger partial charge in [-0.25, -0.2) is 0 Å². The molecule has 0 aromatic heterocycles. The number of carbonyl (C=O) groups excluding carboxylic acids is 1. The fourth-order valence-corrected chi connectivity index (χ4v) is 3.73. The lowest BCUT2D eigenvalue weighted by Gasteiger charge is -2.27. The van der Waals surface area contributed by atoms with Crippen molar-refractivity contribution in [1.82, 2.24) is 0 Å². The van der Waals surface area contributed by atoms with Gasteiger partial charge in [-0.05, 0) is 61.9 Å². The van der Waals surface area contributed by atoms with Crippen molar-refractivity contribution in [2.45, 2.75) is 13.3 Å². The Labute approximate surface area is 163 Å². The van der Waals surface area contributed by atoms with E-state index in [9.17, 15) is 4.79 Å². The van der Waals surface area contributed by atoms with Crippen molar-refractivity contribution in [2.24, 2.45) is 4.99 Å². The average molecular weight is 389 g/mol. The normalized spacial score (nSPS) is 13.8. The van der Waals surface area contributed by atoms with Crippen LogP contribution in [0.15, 0.2) is 53.5 Å². The molecule has 6 heteroatoms. The van der Waals surface area contributed by atoms with Crippen LogP contribution in [0, 0.1) is 0 Å². The van der Waals surface area contributed by atoms with Gasteiger partial charge in [0.05, 0.1) is 13.2 Å². The quantitative estimate of drug-likeness (QED) is 0.658. The van der Waals surface area contributed by atoms with Gasteiger partial charge in [-0.3, -0.25) is 9.79 Å². The van der Waals surface area contributed by atoms with Crippen LogP contribution in [-0.4, -0.2) is 36.4 Å². The summed E-state index contributed by atoms with van der Waals surface area (Å²) in [6, 6.07) is 14.8. The maximum absolute atomic E-state index is 12.8. The molecule has 0 fully saturated rings. The second-order valence-corrected chi connectivity index (χ2v) is 7.31.